The van der Waals surface area contributed by atoms with Crippen LogP contribution in [0.2, 0.25) is 0 Å². The first kappa shape index (κ1) is 18.3. The lowest BCUT2D eigenvalue weighted by molar-refractivity contribution is 0.274. The Morgan fingerprint density at radius 3 is 2.81 bits per heavy atom. The standard InChI is InChI=1S/C20H26N2O2S2/c1-20(17-6-2-4-16(10-17)11-21-26(23)24)18-12-22(13-19(18)20)8-3-5-15-7-9-25-14-15/h2,4,6-7,9-10,14,18-19,21H,3,5,8,11-13H2,1H3,(H,23,24)/p-1. The topological polar surface area (TPSA) is 55.4 Å². The Hall–Kier alpha value is -1.05. The van der Waals surface area contributed by atoms with Gasteiger partial charge in [-0.2, -0.15) is 11.3 Å². The van der Waals surface area contributed by atoms with E-state index in [1.54, 1.807) is 11.3 Å². The van der Waals surface area contributed by atoms with Crippen LogP contribution in [-0.2, 0) is 29.6 Å². The summed E-state index contributed by atoms with van der Waals surface area (Å²) >= 11 is -0.427. The van der Waals surface area contributed by atoms with Gasteiger partial charge in [0.2, 0.25) is 0 Å². The third-order valence-electron chi connectivity index (χ3n) is 6.29. The molecule has 2 heterocycles. The summed E-state index contributed by atoms with van der Waals surface area (Å²) in [5.41, 5.74) is 4.12. The Morgan fingerprint density at radius 1 is 1.31 bits per heavy atom. The molecule has 1 saturated heterocycles. The molecule has 3 unspecified atom stereocenters. The van der Waals surface area contributed by atoms with Crippen molar-refractivity contribution in [2.45, 2.75) is 31.7 Å². The first-order valence-electron chi connectivity index (χ1n) is 9.23. The molecule has 2 aromatic rings. The number of rotatable bonds is 8. The van der Waals surface area contributed by atoms with Crippen molar-refractivity contribution < 1.29 is 8.76 Å². The van der Waals surface area contributed by atoms with E-state index in [9.17, 15) is 8.76 Å². The monoisotopic (exact) mass is 389 g/mol. The van der Waals surface area contributed by atoms with Gasteiger partial charge in [0.05, 0.1) is 0 Å². The van der Waals surface area contributed by atoms with Gasteiger partial charge in [0, 0.05) is 36.3 Å². The van der Waals surface area contributed by atoms with Crippen molar-refractivity contribution in [1.29, 1.82) is 0 Å². The second kappa shape index (κ2) is 7.52. The van der Waals surface area contributed by atoms with Crippen molar-refractivity contribution in [3.05, 3.63) is 57.8 Å². The van der Waals surface area contributed by atoms with Gasteiger partial charge in [-0.15, -0.1) is 0 Å². The molecule has 26 heavy (non-hydrogen) atoms. The van der Waals surface area contributed by atoms with Crippen LogP contribution in [-0.4, -0.2) is 33.3 Å². The van der Waals surface area contributed by atoms with Crippen LogP contribution in [0.1, 0.15) is 30.0 Å². The van der Waals surface area contributed by atoms with E-state index in [-0.39, 0.29) is 5.41 Å². The fraction of sp³-hybridized carbons (Fsp3) is 0.500. The summed E-state index contributed by atoms with van der Waals surface area (Å²) in [4.78, 5) is 2.62. The third-order valence-corrected chi connectivity index (χ3v) is 7.40. The van der Waals surface area contributed by atoms with E-state index in [1.807, 2.05) is 6.07 Å². The largest absolute Gasteiger partial charge is 0.760 e. The van der Waals surface area contributed by atoms with Crippen LogP contribution in [0.25, 0.3) is 0 Å². The minimum Gasteiger partial charge on any atom is -0.760 e. The van der Waals surface area contributed by atoms with Crippen LogP contribution in [0, 0.1) is 11.8 Å². The van der Waals surface area contributed by atoms with Crippen LogP contribution in [0.5, 0.6) is 0 Å². The van der Waals surface area contributed by atoms with E-state index < -0.39 is 11.3 Å². The van der Waals surface area contributed by atoms with Crippen molar-refractivity contribution in [3.63, 3.8) is 0 Å². The number of likely N-dealkylation sites (tertiary alicyclic amines) is 1. The van der Waals surface area contributed by atoms with Crippen LogP contribution in [0.3, 0.4) is 0 Å². The summed E-state index contributed by atoms with van der Waals surface area (Å²) < 4.78 is 23.9. The minimum absolute atomic E-state index is 0.260. The summed E-state index contributed by atoms with van der Waals surface area (Å²) in [6.07, 6.45) is 2.42. The van der Waals surface area contributed by atoms with E-state index in [0.717, 1.165) is 17.4 Å². The van der Waals surface area contributed by atoms with Gasteiger partial charge >= 0.3 is 0 Å². The molecule has 1 aromatic carbocycles. The highest BCUT2D eigenvalue weighted by atomic mass is 32.2. The number of hydrogen-bond acceptors (Lipinski definition) is 4. The summed E-state index contributed by atoms with van der Waals surface area (Å²) in [5, 5.41) is 4.41. The number of thiophene rings is 1. The normalized spacial score (nSPS) is 28.8. The van der Waals surface area contributed by atoms with E-state index in [0.29, 0.717) is 6.54 Å². The molecule has 0 radical (unpaired) electrons. The number of hydrogen-bond donors (Lipinski definition) is 1. The molecule has 3 atom stereocenters. The zero-order valence-corrected chi connectivity index (χ0v) is 16.7. The lowest BCUT2D eigenvalue weighted by atomic mass is 9.91. The lowest BCUT2D eigenvalue weighted by Gasteiger charge is -2.24. The Bertz CT molecular complexity index is 766. The molecule has 2 fully saturated rings. The lowest BCUT2D eigenvalue weighted by Crippen LogP contribution is -2.30. The van der Waals surface area contributed by atoms with Gasteiger partial charge in [-0.3, -0.25) is 4.21 Å². The molecule has 1 aliphatic heterocycles. The molecule has 140 valence electrons. The van der Waals surface area contributed by atoms with Gasteiger partial charge in [0.25, 0.3) is 0 Å². The second-order valence-corrected chi connectivity index (χ2v) is 9.28. The van der Waals surface area contributed by atoms with E-state index in [2.05, 4.69) is 51.6 Å². The van der Waals surface area contributed by atoms with E-state index >= 15 is 0 Å². The van der Waals surface area contributed by atoms with Crippen molar-refractivity contribution in [1.82, 2.24) is 9.62 Å². The summed E-state index contributed by atoms with van der Waals surface area (Å²) in [7, 11) is 0. The maximum atomic E-state index is 10.7. The number of nitrogens with one attached hydrogen (secondary N) is 1. The molecule has 1 aliphatic carbocycles. The Morgan fingerprint density at radius 2 is 2.12 bits per heavy atom. The maximum Gasteiger partial charge on any atom is 0.0322 e. The number of nitrogens with zero attached hydrogens (tertiary/aromatic N) is 1. The highest BCUT2D eigenvalue weighted by Gasteiger charge is 2.65. The molecule has 6 heteroatoms. The second-order valence-electron chi connectivity index (χ2n) is 7.75. The predicted molar refractivity (Wildman–Crippen MR) is 106 cm³/mol. The molecule has 1 saturated carbocycles. The first-order chi connectivity index (χ1) is 12.6. The summed E-state index contributed by atoms with van der Waals surface area (Å²) in [6, 6.07) is 10.7. The number of aryl methyl sites for hydroxylation is 1. The van der Waals surface area contributed by atoms with Crippen molar-refractivity contribution in [2.24, 2.45) is 11.8 Å². The summed E-state index contributed by atoms with van der Waals surface area (Å²) in [5.74, 6) is 1.47. The van der Waals surface area contributed by atoms with Crippen molar-refractivity contribution in [2.75, 3.05) is 19.6 Å². The van der Waals surface area contributed by atoms with Crippen LogP contribution >= 0.6 is 11.3 Å². The predicted octanol–water partition coefficient (Wildman–Crippen LogP) is 3.08. The number of benzene rings is 1. The van der Waals surface area contributed by atoms with E-state index in [4.69, 9.17) is 0 Å². The Kier molecular flexibility index (Phi) is 5.30. The Labute approximate surface area is 162 Å². The zero-order valence-electron chi connectivity index (χ0n) is 15.0. The molecule has 1 N–H and O–H groups in total. The number of piperidine rings is 1. The van der Waals surface area contributed by atoms with Gasteiger partial charge in [-0.25, -0.2) is 4.72 Å². The zero-order chi connectivity index (χ0) is 18.1. The molecule has 4 nitrogen and oxygen atoms in total. The van der Waals surface area contributed by atoms with Gasteiger partial charge in [0.15, 0.2) is 0 Å². The SMILES string of the molecule is CC1(c2cccc(CNS(=O)[O-])c2)C2CN(CCCc3ccsc3)CC21. The van der Waals surface area contributed by atoms with Gasteiger partial charge in [-0.05, 0) is 64.7 Å². The molecule has 1 aromatic heterocycles. The Balaban J connectivity index is 1.31. The molecule has 4 rings (SSSR count). The fourth-order valence-corrected chi connectivity index (χ4v) is 5.66. The molecular formula is C20H25N2O2S2-. The molecule has 0 spiro atoms. The molecule has 0 bridgehead atoms. The van der Waals surface area contributed by atoms with Crippen LogP contribution in [0.4, 0.5) is 0 Å². The fourth-order valence-electron chi connectivity index (χ4n) is 4.67. The van der Waals surface area contributed by atoms with Crippen molar-refractivity contribution >= 4 is 22.6 Å². The summed E-state index contributed by atoms with van der Waals surface area (Å²) in [6.45, 7) is 6.32. The third kappa shape index (κ3) is 3.66. The average molecular weight is 390 g/mol. The average Bonchev–Trinajstić information content (AvgIpc) is 3.08. The molecular weight excluding hydrogens is 364 g/mol. The number of fused-ring (bicyclic) bond motifs is 1. The molecule has 0 amide bonds. The maximum absolute atomic E-state index is 10.7. The van der Waals surface area contributed by atoms with Gasteiger partial charge in [-0.1, -0.05) is 31.2 Å². The van der Waals surface area contributed by atoms with E-state index in [1.165, 1.54) is 43.6 Å². The van der Waals surface area contributed by atoms with Crippen LogP contribution < -0.4 is 4.72 Å². The van der Waals surface area contributed by atoms with Gasteiger partial charge in [0.1, 0.15) is 0 Å². The van der Waals surface area contributed by atoms with Crippen LogP contribution in [0.15, 0.2) is 41.1 Å². The van der Waals surface area contributed by atoms with Gasteiger partial charge < -0.3 is 9.45 Å². The van der Waals surface area contributed by atoms with Crippen molar-refractivity contribution in [3.8, 4) is 0 Å². The highest BCUT2D eigenvalue weighted by Crippen LogP contribution is 2.63. The first-order valence-corrected chi connectivity index (χ1v) is 11.2. The quantitative estimate of drug-likeness (QED) is 0.706. The minimum atomic E-state index is -2.21. The highest BCUT2D eigenvalue weighted by molar-refractivity contribution is 7.77. The molecule has 2 aliphatic rings. The smallest absolute Gasteiger partial charge is 0.0322 e.